The quantitative estimate of drug-likeness (QED) is 0.369. The smallest absolute Gasteiger partial charge is 0.406 e. The summed E-state index contributed by atoms with van der Waals surface area (Å²) in [7, 11) is 0. The summed E-state index contributed by atoms with van der Waals surface area (Å²) >= 11 is 1.41. The summed E-state index contributed by atoms with van der Waals surface area (Å²) < 4.78 is 40.4. The maximum atomic E-state index is 12.4. The largest absolute Gasteiger partial charge is 0.573 e. The van der Waals surface area contributed by atoms with Gasteiger partial charge in [-0.1, -0.05) is 42.1 Å². The molecule has 0 spiro atoms. The monoisotopic (exact) mass is 463 g/mol. The van der Waals surface area contributed by atoms with Crippen molar-refractivity contribution in [3.05, 3.63) is 81.8 Å². The van der Waals surface area contributed by atoms with E-state index in [2.05, 4.69) is 20.0 Å². The fourth-order valence-electron chi connectivity index (χ4n) is 2.88. The zero-order valence-corrected chi connectivity index (χ0v) is 17.8. The number of aromatic amines is 1. The molecule has 0 aliphatic rings. The van der Waals surface area contributed by atoms with Gasteiger partial charge in [0.05, 0.1) is 0 Å². The third-order valence-electron chi connectivity index (χ3n) is 4.39. The fourth-order valence-corrected chi connectivity index (χ4v) is 3.74. The highest BCUT2D eigenvalue weighted by molar-refractivity contribution is 7.98. The molecule has 2 aromatic carbocycles. The van der Waals surface area contributed by atoms with Crippen LogP contribution in [0.4, 0.5) is 18.9 Å². The normalized spacial score (nSPS) is 11.2. The van der Waals surface area contributed by atoms with Crippen LogP contribution in [0, 0.1) is 6.92 Å². The zero-order chi connectivity index (χ0) is 23.1. The lowest BCUT2D eigenvalue weighted by atomic mass is 10.1. The second kappa shape index (κ2) is 10.4. The number of halogens is 3. The van der Waals surface area contributed by atoms with E-state index in [0.717, 1.165) is 17.7 Å². The van der Waals surface area contributed by atoms with Crippen molar-refractivity contribution in [2.75, 3.05) is 5.32 Å². The fraction of sp³-hybridized carbons (Fsp3) is 0.227. The first-order valence-electron chi connectivity index (χ1n) is 9.62. The van der Waals surface area contributed by atoms with Gasteiger partial charge in [0.1, 0.15) is 5.75 Å². The number of carbonyl (C=O) groups is 1. The van der Waals surface area contributed by atoms with Crippen LogP contribution in [0.3, 0.4) is 0 Å². The molecule has 1 amide bonds. The zero-order valence-electron chi connectivity index (χ0n) is 17.0. The number of aromatic nitrogens is 2. The highest BCUT2D eigenvalue weighted by atomic mass is 32.2. The molecular weight excluding hydrogens is 443 g/mol. The molecule has 0 aliphatic carbocycles. The highest BCUT2D eigenvalue weighted by Gasteiger charge is 2.30. The number of hydrogen-bond acceptors (Lipinski definition) is 5. The summed E-state index contributed by atoms with van der Waals surface area (Å²) in [4.78, 5) is 31.8. The minimum atomic E-state index is -4.78. The van der Waals surface area contributed by atoms with E-state index in [4.69, 9.17) is 0 Å². The number of thioether (sulfide) groups is 1. The molecule has 0 saturated heterocycles. The molecule has 0 aliphatic heterocycles. The number of hydrogen-bond donors (Lipinski definition) is 2. The van der Waals surface area contributed by atoms with Crippen molar-refractivity contribution in [3.63, 3.8) is 0 Å². The Bertz CT molecular complexity index is 1120. The first-order chi connectivity index (χ1) is 15.2. The van der Waals surface area contributed by atoms with Crippen molar-refractivity contribution in [3.8, 4) is 5.75 Å². The molecule has 168 valence electrons. The maximum absolute atomic E-state index is 12.4. The third kappa shape index (κ3) is 7.16. The molecule has 6 nitrogen and oxygen atoms in total. The summed E-state index contributed by atoms with van der Waals surface area (Å²) in [5.41, 5.74) is 2.09. The number of anilines is 1. The number of H-pyrrole nitrogens is 1. The Balaban J connectivity index is 1.54. The Hall–Kier alpha value is -3.27. The highest BCUT2D eigenvalue weighted by Crippen LogP contribution is 2.24. The molecule has 0 radical (unpaired) electrons. The number of alkyl halides is 3. The SMILES string of the molecule is Cc1nc(SCc2ccccc2)[nH]c(=O)c1CCC(=O)Nc1ccc(OC(F)(F)F)cc1. The van der Waals surface area contributed by atoms with Crippen LogP contribution >= 0.6 is 11.8 Å². The van der Waals surface area contributed by atoms with E-state index in [1.807, 2.05) is 30.3 Å². The number of carbonyl (C=O) groups excluding carboxylic acids is 1. The Labute approximate surface area is 186 Å². The molecule has 2 N–H and O–H groups in total. The van der Waals surface area contributed by atoms with Gasteiger partial charge in [-0.2, -0.15) is 0 Å². The molecule has 1 heterocycles. The number of amides is 1. The molecule has 0 atom stereocenters. The van der Waals surface area contributed by atoms with Crippen molar-refractivity contribution in [1.82, 2.24) is 9.97 Å². The summed E-state index contributed by atoms with van der Waals surface area (Å²) in [6.07, 6.45) is -4.58. The van der Waals surface area contributed by atoms with Crippen LogP contribution in [0.2, 0.25) is 0 Å². The van der Waals surface area contributed by atoms with Gasteiger partial charge in [0, 0.05) is 29.1 Å². The van der Waals surface area contributed by atoms with Gasteiger partial charge in [-0.15, -0.1) is 13.2 Å². The molecule has 0 unspecified atom stereocenters. The van der Waals surface area contributed by atoms with Crippen molar-refractivity contribution < 1.29 is 22.7 Å². The van der Waals surface area contributed by atoms with Crippen LogP contribution in [0.1, 0.15) is 23.2 Å². The van der Waals surface area contributed by atoms with Crippen LogP contribution < -0.4 is 15.6 Å². The molecular formula is C22H20F3N3O3S. The van der Waals surface area contributed by atoms with Crippen molar-refractivity contribution in [1.29, 1.82) is 0 Å². The predicted molar refractivity (Wildman–Crippen MR) is 116 cm³/mol. The Kier molecular flexibility index (Phi) is 7.57. The standard InChI is InChI=1S/C22H20F3N3O3S/c1-14-18(20(30)28-21(26-14)32-13-15-5-3-2-4-6-15)11-12-19(29)27-16-7-9-17(10-8-16)31-22(23,24)25/h2-10H,11-13H2,1H3,(H,27,29)(H,26,28,30). The second-order valence-electron chi connectivity index (χ2n) is 6.83. The van der Waals surface area contributed by atoms with E-state index < -0.39 is 6.36 Å². The molecule has 1 aromatic heterocycles. The average Bonchev–Trinajstić information content (AvgIpc) is 2.73. The molecule has 0 fully saturated rings. The average molecular weight is 463 g/mol. The van der Waals surface area contributed by atoms with Gasteiger partial charge in [0.2, 0.25) is 5.91 Å². The summed E-state index contributed by atoms with van der Waals surface area (Å²) in [5, 5.41) is 3.08. The van der Waals surface area contributed by atoms with Gasteiger partial charge < -0.3 is 15.0 Å². The number of rotatable bonds is 8. The first kappa shape index (κ1) is 23.4. The van der Waals surface area contributed by atoms with Crippen LogP contribution in [-0.4, -0.2) is 22.2 Å². The van der Waals surface area contributed by atoms with Crippen molar-refractivity contribution in [2.45, 2.75) is 37.0 Å². The summed E-state index contributed by atoms with van der Waals surface area (Å²) in [6, 6.07) is 14.6. The van der Waals surface area contributed by atoms with E-state index in [1.54, 1.807) is 6.92 Å². The van der Waals surface area contributed by atoms with Gasteiger partial charge in [0.15, 0.2) is 5.16 Å². The number of ether oxygens (including phenoxy) is 1. The van der Waals surface area contributed by atoms with Crippen LogP contribution in [-0.2, 0) is 17.0 Å². The minimum absolute atomic E-state index is 0.0168. The van der Waals surface area contributed by atoms with Gasteiger partial charge in [-0.05, 0) is 43.2 Å². The summed E-state index contributed by atoms with van der Waals surface area (Å²) in [6.45, 7) is 1.72. The number of benzene rings is 2. The Morgan fingerprint density at radius 3 is 2.44 bits per heavy atom. The van der Waals surface area contributed by atoms with E-state index in [9.17, 15) is 22.8 Å². The molecule has 32 heavy (non-hydrogen) atoms. The number of nitrogens with one attached hydrogen (secondary N) is 2. The van der Waals surface area contributed by atoms with E-state index >= 15 is 0 Å². The lowest BCUT2D eigenvalue weighted by molar-refractivity contribution is -0.274. The molecule has 3 rings (SSSR count). The van der Waals surface area contributed by atoms with E-state index in [1.165, 1.54) is 23.9 Å². The Morgan fingerprint density at radius 2 is 1.81 bits per heavy atom. The predicted octanol–water partition coefficient (Wildman–Crippen LogP) is 4.84. The van der Waals surface area contributed by atoms with Crippen LogP contribution in [0.15, 0.2) is 64.5 Å². The number of aryl methyl sites for hydroxylation is 1. The van der Waals surface area contributed by atoms with Crippen LogP contribution in [0.25, 0.3) is 0 Å². The molecule has 10 heteroatoms. The van der Waals surface area contributed by atoms with E-state index in [0.29, 0.717) is 27.9 Å². The minimum Gasteiger partial charge on any atom is -0.406 e. The topological polar surface area (TPSA) is 84.1 Å². The van der Waals surface area contributed by atoms with Crippen molar-refractivity contribution >= 4 is 23.4 Å². The van der Waals surface area contributed by atoms with Crippen LogP contribution in [0.5, 0.6) is 5.75 Å². The lowest BCUT2D eigenvalue weighted by Gasteiger charge is -2.10. The van der Waals surface area contributed by atoms with Gasteiger partial charge >= 0.3 is 6.36 Å². The Morgan fingerprint density at radius 1 is 1.12 bits per heavy atom. The second-order valence-corrected chi connectivity index (χ2v) is 7.79. The van der Waals surface area contributed by atoms with Gasteiger partial charge in [-0.3, -0.25) is 9.59 Å². The maximum Gasteiger partial charge on any atom is 0.573 e. The van der Waals surface area contributed by atoms with Gasteiger partial charge in [-0.25, -0.2) is 4.98 Å². The first-order valence-corrected chi connectivity index (χ1v) is 10.6. The lowest BCUT2D eigenvalue weighted by Crippen LogP contribution is -2.20. The molecule has 0 saturated carbocycles. The molecule has 0 bridgehead atoms. The molecule has 3 aromatic rings. The summed E-state index contributed by atoms with van der Waals surface area (Å²) in [5.74, 6) is -0.0950. The van der Waals surface area contributed by atoms with Gasteiger partial charge in [0.25, 0.3) is 5.56 Å². The van der Waals surface area contributed by atoms with E-state index in [-0.39, 0.29) is 30.1 Å². The van der Waals surface area contributed by atoms with Crippen molar-refractivity contribution in [2.24, 2.45) is 0 Å². The number of nitrogens with zero attached hydrogens (tertiary/aromatic N) is 1. The third-order valence-corrected chi connectivity index (χ3v) is 5.34.